The first-order valence-electron chi connectivity index (χ1n) is 12.1. The molecule has 0 aliphatic rings. The minimum Gasteiger partial charge on any atom is -0.367 e. The van der Waals surface area contributed by atoms with Crippen LogP contribution in [0, 0.1) is 6.92 Å². The van der Waals surface area contributed by atoms with Crippen LogP contribution in [0.2, 0.25) is 0 Å². The van der Waals surface area contributed by atoms with E-state index >= 15 is 0 Å². The molecule has 5 aromatic rings. The van der Waals surface area contributed by atoms with Gasteiger partial charge in [0.1, 0.15) is 11.4 Å². The molecule has 0 radical (unpaired) electrons. The van der Waals surface area contributed by atoms with Gasteiger partial charge in [-0.25, -0.2) is 0 Å². The second-order valence-corrected chi connectivity index (χ2v) is 8.74. The number of halogens is 2. The number of fused-ring (bicyclic) bond motifs is 2. The van der Waals surface area contributed by atoms with Crippen LogP contribution >= 0.6 is 0 Å². The van der Waals surface area contributed by atoms with Gasteiger partial charge in [-0.3, -0.25) is 18.6 Å². The number of H-pyrrole nitrogens is 1. The molecule has 184 valence electrons. The second-order valence-electron chi connectivity index (χ2n) is 8.74. The second kappa shape index (κ2) is 10.3. The van der Waals surface area contributed by atoms with Crippen LogP contribution in [0.25, 0.3) is 38.9 Å². The molecule has 0 saturated carbocycles. The summed E-state index contributed by atoms with van der Waals surface area (Å²) in [6.07, 6.45) is 2.33. The van der Waals surface area contributed by atoms with Crippen molar-refractivity contribution < 1.29 is 8.78 Å². The van der Waals surface area contributed by atoms with Crippen molar-refractivity contribution in [2.24, 2.45) is 0 Å². The van der Waals surface area contributed by atoms with Gasteiger partial charge in [-0.1, -0.05) is 42.5 Å². The monoisotopic (exact) mass is 487 g/mol. The molecule has 6 nitrogen and oxygen atoms in total. The summed E-state index contributed by atoms with van der Waals surface area (Å²) in [5, 5.41) is 5.67. The van der Waals surface area contributed by atoms with Crippen LogP contribution in [-0.2, 0) is 0 Å². The predicted octanol–water partition coefficient (Wildman–Crippen LogP) is 5.74. The van der Waals surface area contributed by atoms with Crippen molar-refractivity contribution >= 4 is 22.2 Å². The number of alkyl halides is 2. The number of nitrogens with one attached hydrogen (secondary N) is 1. The first-order chi connectivity index (χ1) is 17.6. The Morgan fingerprint density at radius 3 is 2.42 bits per heavy atom. The Morgan fingerprint density at radius 1 is 0.944 bits per heavy atom. The lowest BCUT2D eigenvalue weighted by atomic mass is 10.0. The third kappa shape index (κ3) is 4.34. The highest BCUT2D eigenvalue weighted by Gasteiger charge is 2.24. The average Bonchev–Trinajstić information content (AvgIpc) is 3.29. The number of hydrogen-bond donors (Lipinski definition) is 1. The lowest BCUT2D eigenvalue weighted by Crippen LogP contribution is -2.27. The first kappa shape index (κ1) is 23.7. The Balaban J connectivity index is 1.75. The summed E-state index contributed by atoms with van der Waals surface area (Å²) >= 11 is 0. The number of aromatic amines is 1. The molecule has 0 unspecified atom stereocenters. The minimum absolute atomic E-state index is 0.260. The normalized spacial score (nSPS) is 11.4. The van der Waals surface area contributed by atoms with Crippen molar-refractivity contribution in [1.82, 2.24) is 19.6 Å². The van der Waals surface area contributed by atoms with Crippen molar-refractivity contribution in [3.05, 3.63) is 82.9 Å². The Hall–Kier alpha value is -4.07. The molecule has 1 N–H and O–H groups in total. The van der Waals surface area contributed by atoms with Crippen molar-refractivity contribution in [2.75, 3.05) is 31.3 Å². The van der Waals surface area contributed by atoms with Gasteiger partial charge in [0, 0.05) is 35.9 Å². The van der Waals surface area contributed by atoms with Gasteiger partial charge in [-0.15, -0.1) is 0 Å². The molecule has 0 saturated heterocycles. The fourth-order valence-corrected chi connectivity index (χ4v) is 4.67. The van der Waals surface area contributed by atoms with E-state index in [0.29, 0.717) is 54.2 Å². The molecule has 0 fully saturated rings. The van der Waals surface area contributed by atoms with Gasteiger partial charge in [0.15, 0.2) is 5.65 Å². The molecule has 0 aliphatic heterocycles. The number of anilines is 1. The minimum atomic E-state index is -0.484. The quantitative estimate of drug-likeness (QED) is 0.288. The zero-order chi connectivity index (χ0) is 25.1. The molecule has 2 aromatic carbocycles. The number of rotatable bonds is 9. The molecule has 3 aromatic heterocycles. The molecule has 8 heteroatoms. The summed E-state index contributed by atoms with van der Waals surface area (Å²) in [4.78, 5) is 23.5. The highest BCUT2D eigenvalue weighted by Crippen LogP contribution is 2.34. The van der Waals surface area contributed by atoms with Gasteiger partial charge < -0.3 is 9.88 Å². The lowest BCUT2D eigenvalue weighted by molar-refractivity contribution is 0.454. The van der Waals surface area contributed by atoms with E-state index in [2.05, 4.69) is 9.97 Å². The van der Waals surface area contributed by atoms with Crippen LogP contribution in [0.1, 0.15) is 18.5 Å². The zero-order valence-corrected chi connectivity index (χ0v) is 20.0. The Morgan fingerprint density at radius 2 is 1.69 bits per heavy atom. The van der Waals surface area contributed by atoms with Gasteiger partial charge in [0.05, 0.1) is 24.4 Å². The maximum Gasteiger partial charge on any atom is 0.282 e. The van der Waals surface area contributed by atoms with E-state index in [1.807, 2.05) is 72.5 Å². The molecular weight excluding hydrogens is 460 g/mol. The summed E-state index contributed by atoms with van der Waals surface area (Å²) in [7, 11) is 0. The smallest absolute Gasteiger partial charge is 0.282 e. The van der Waals surface area contributed by atoms with Crippen LogP contribution in [-0.4, -0.2) is 46.0 Å². The molecule has 0 amide bonds. The molecule has 0 atom stereocenters. The number of benzene rings is 2. The summed E-state index contributed by atoms with van der Waals surface area (Å²) in [6.45, 7) is 1.66. The van der Waals surface area contributed by atoms with Crippen LogP contribution in [0.3, 0.4) is 0 Å². The van der Waals surface area contributed by atoms with Crippen LogP contribution in [0.5, 0.6) is 0 Å². The van der Waals surface area contributed by atoms with E-state index in [0.717, 1.165) is 22.0 Å². The summed E-state index contributed by atoms with van der Waals surface area (Å²) in [5.41, 5.74) is 5.17. The van der Waals surface area contributed by atoms with Gasteiger partial charge >= 0.3 is 0 Å². The number of nitrogens with zero attached hydrogens (tertiary/aromatic N) is 4. The summed E-state index contributed by atoms with van der Waals surface area (Å²) < 4.78 is 27.7. The first-order valence-corrected chi connectivity index (χ1v) is 12.1. The number of pyridine rings is 1. The number of aromatic nitrogens is 4. The largest absolute Gasteiger partial charge is 0.367 e. The Labute approximate surface area is 207 Å². The average molecular weight is 488 g/mol. The van der Waals surface area contributed by atoms with Crippen LogP contribution in [0.4, 0.5) is 14.5 Å². The van der Waals surface area contributed by atoms with Gasteiger partial charge in [-0.2, -0.15) is 9.61 Å². The lowest BCUT2D eigenvalue weighted by Gasteiger charge is -2.24. The van der Waals surface area contributed by atoms with Crippen LogP contribution < -0.4 is 10.5 Å². The predicted molar refractivity (Wildman–Crippen MR) is 140 cm³/mol. The summed E-state index contributed by atoms with van der Waals surface area (Å²) in [6, 6.07) is 19.1. The molecule has 0 spiro atoms. The Kier molecular flexibility index (Phi) is 6.75. The van der Waals surface area contributed by atoms with Crippen molar-refractivity contribution in [1.29, 1.82) is 0 Å². The fourth-order valence-electron chi connectivity index (χ4n) is 4.67. The van der Waals surface area contributed by atoms with Crippen molar-refractivity contribution in [3.8, 4) is 22.4 Å². The van der Waals surface area contributed by atoms with Crippen LogP contribution in [0.15, 0.2) is 71.7 Å². The van der Waals surface area contributed by atoms with E-state index in [1.54, 1.807) is 6.20 Å². The fraction of sp³-hybridized carbons (Fsp3) is 0.250. The van der Waals surface area contributed by atoms with Gasteiger partial charge in [0.2, 0.25) is 0 Å². The molecule has 0 bridgehead atoms. The van der Waals surface area contributed by atoms with E-state index in [4.69, 9.17) is 5.10 Å². The van der Waals surface area contributed by atoms with E-state index in [1.165, 1.54) is 4.52 Å². The molecule has 5 rings (SSSR count). The highest BCUT2D eigenvalue weighted by atomic mass is 19.1. The maximum atomic E-state index is 13.9. The maximum absolute atomic E-state index is 13.9. The highest BCUT2D eigenvalue weighted by molar-refractivity contribution is 5.88. The molecule has 3 heterocycles. The molecular formula is C28H27F2N5O. The number of aryl methyl sites for hydroxylation is 1. The van der Waals surface area contributed by atoms with Gasteiger partial charge in [-0.05, 0) is 43.5 Å². The Bertz CT molecular complexity index is 1550. The molecule has 0 aliphatic carbocycles. The van der Waals surface area contributed by atoms with E-state index in [9.17, 15) is 13.6 Å². The third-order valence-electron chi connectivity index (χ3n) is 6.33. The van der Waals surface area contributed by atoms with Gasteiger partial charge in [0.25, 0.3) is 5.56 Å². The topological polar surface area (TPSA) is 66.3 Å². The van der Waals surface area contributed by atoms with Crippen molar-refractivity contribution in [3.63, 3.8) is 0 Å². The number of hydrogen-bond acceptors (Lipinski definition) is 4. The third-order valence-corrected chi connectivity index (χ3v) is 6.33. The van der Waals surface area contributed by atoms with E-state index < -0.39 is 13.3 Å². The SMILES string of the molecule is Cc1[nH]c2c(N(CCCF)CCCF)c(-c3ccccc3)nn2c(=O)c1-c1ccc2ncccc2c1. The summed E-state index contributed by atoms with van der Waals surface area (Å²) in [5.74, 6) is 0. The zero-order valence-electron chi connectivity index (χ0n) is 20.0. The van der Waals surface area contributed by atoms with E-state index in [-0.39, 0.29) is 5.56 Å². The molecule has 36 heavy (non-hydrogen) atoms. The standard InChI is InChI=1S/C28H27F2N5O/c1-19-24(22-11-12-23-21(18-22)10-5-15-31-23)28(36)35-27(32-19)26(34(16-6-13-29)17-7-14-30)25(33-35)20-8-3-2-4-9-20/h2-5,8-12,15,18,32H,6-7,13-14,16-17H2,1H3. The van der Waals surface area contributed by atoms with Crippen molar-refractivity contribution in [2.45, 2.75) is 19.8 Å².